The van der Waals surface area contributed by atoms with Gasteiger partial charge in [-0.2, -0.15) is 0 Å². The second kappa shape index (κ2) is 7.07. The Kier molecular flexibility index (Phi) is 5.34. The highest BCUT2D eigenvalue weighted by molar-refractivity contribution is 7.89. The van der Waals surface area contributed by atoms with Crippen LogP contribution in [0.25, 0.3) is 0 Å². The van der Waals surface area contributed by atoms with E-state index in [-0.39, 0.29) is 4.90 Å². The molecule has 1 amide bonds. The molecule has 2 atom stereocenters. The molecule has 1 aromatic rings. The van der Waals surface area contributed by atoms with Crippen LogP contribution in [0.5, 0.6) is 0 Å². The van der Waals surface area contributed by atoms with Gasteiger partial charge >= 0.3 is 5.97 Å². The SMILES string of the molecule is C[C@H](OC(=O)[C@H]1CCCO1)C(=O)Nc1ccc(S(N)(=O)=O)cc1. The summed E-state index contributed by atoms with van der Waals surface area (Å²) in [5, 5.41) is 7.51. The molecule has 0 saturated carbocycles. The van der Waals surface area contributed by atoms with Crippen LogP contribution >= 0.6 is 0 Å². The van der Waals surface area contributed by atoms with E-state index in [4.69, 9.17) is 14.6 Å². The molecule has 1 fully saturated rings. The lowest BCUT2D eigenvalue weighted by Crippen LogP contribution is -2.34. The van der Waals surface area contributed by atoms with Gasteiger partial charge in [0, 0.05) is 12.3 Å². The van der Waals surface area contributed by atoms with E-state index in [0.29, 0.717) is 18.7 Å². The average Bonchev–Trinajstić information content (AvgIpc) is 3.01. The molecule has 23 heavy (non-hydrogen) atoms. The van der Waals surface area contributed by atoms with Crippen molar-refractivity contribution in [2.75, 3.05) is 11.9 Å². The summed E-state index contributed by atoms with van der Waals surface area (Å²) in [4.78, 5) is 23.7. The lowest BCUT2D eigenvalue weighted by molar-refractivity contribution is -0.162. The molecular formula is C14H18N2O6S. The third kappa shape index (κ3) is 4.75. The van der Waals surface area contributed by atoms with E-state index in [2.05, 4.69) is 5.32 Å². The fourth-order valence-corrected chi connectivity index (χ4v) is 2.55. The van der Waals surface area contributed by atoms with E-state index in [1.165, 1.54) is 31.2 Å². The summed E-state index contributed by atoms with van der Waals surface area (Å²) >= 11 is 0. The van der Waals surface area contributed by atoms with Crippen LogP contribution in [-0.2, 0) is 29.1 Å². The first-order valence-corrected chi connectivity index (χ1v) is 8.58. The maximum atomic E-state index is 12.0. The van der Waals surface area contributed by atoms with Crippen LogP contribution in [-0.4, -0.2) is 39.1 Å². The summed E-state index contributed by atoms with van der Waals surface area (Å²) < 4.78 is 32.5. The van der Waals surface area contributed by atoms with E-state index in [1.54, 1.807) is 0 Å². The van der Waals surface area contributed by atoms with Gasteiger partial charge in [-0.3, -0.25) is 4.79 Å². The zero-order chi connectivity index (χ0) is 17.0. The van der Waals surface area contributed by atoms with Crippen LogP contribution in [0.2, 0.25) is 0 Å². The van der Waals surface area contributed by atoms with E-state index in [1.807, 2.05) is 0 Å². The van der Waals surface area contributed by atoms with Crippen molar-refractivity contribution >= 4 is 27.6 Å². The Labute approximate surface area is 134 Å². The number of hydrogen-bond donors (Lipinski definition) is 2. The number of carbonyl (C=O) groups is 2. The van der Waals surface area contributed by atoms with Gasteiger partial charge in [0.25, 0.3) is 5.91 Å². The zero-order valence-corrected chi connectivity index (χ0v) is 13.3. The number of primary sulfonamides is 1. The predicted molar refractivity (Wildman–Crippen MR) is 81.0 cm³/mol. The molecule has 8 nitrogen and oxygen atoms in total. The van der Waals surface area contributed by atoms with Crippen LogP contribution in [0.3, 0.4) is 0 Å². The van der Waals surface area contributed by atoms with Crippen molar-refractivity contribution in [1.29, 1.82) is 0 Å². The zero-order valence-electron chi connectivity index (χ0n) is 12.5. The van der Waals surface area contributed by atoms with Crippen LogP contribution in [0.1, 0.15) is 19.8 Å². The standard InChI is InChI=1S/C14H18N2O6S/c1-9(22-14(18)12-3-2-8-21-12)13(17)16-10-4-6-11(7-5-10)23(15,19)20/h4-7,9,12H,2-3,8H2,1H3,(H,16,17)(H2,15,19,20)/t9-,12+/m0/s1. The second-order valence-electron chi connectivity index (χ2n) is 5.14. The molecule has 1 aromatic carbocycles. The molecule has 2 rings (SSSR count). The van der Waals surface area contributed by atoms with E-state index >= 15 is 0 Å². The number of sulfonamides is 1. The van der Waals surface area contributed by atoms with Gasteiger partial charge in [0.1, 0.15) is 0 Å². The number of rotatable bonds is 5. The minimum Gasteiger partial charge on any atom is -0.451 e. The van der Waals surface area contributed by atoms with Crippen molar-refractivity contribution in [2.45, 2.75) is 36.9 Å². The number of nitrogens with two attached hydrogens (primary N) is 1. The minimum atomic E-state index is -3.79. The smallest absolute Gasteiger partial charge is 0.336 e. The van der Waals surface area contributed by atoms with Gasteiger partial charge in [-0.05, 0) is 44.0 Å². The lowest BCUT2D eigenvalue weighted by Gasteiger charge is -2.16. The molecular weight excluding hydrogens is 324 g/mol. The fraction of sp³-hybridized carbons (Fsp3) is 0.429. The Morgan fingerprint density at radius 2 is 2.00 bits per heavy atom. The van der Waals surface area contributed by atoms with Crippen molar-refractivity contribution in [3.05, 3.63) is 24.3 Å². The molecule has 0 bridgehead atoms. The van der Waals surface area contributed by atoms with Gasteiger partial charge in [0.15, 0.2) is 12.2 Å². The number of nitrogens with one attached hydrogen (secondary N) is 1. The molecule has 3 N–H and O–H groups in total. The second-order valence-corrected chi connectivity index (χ2v) is 6.70. The Morgan fingerprint density at radius 1 is 1.35 bits per heavy atom. The number of anilines is 1. The monoisotopic (exact) mass is 342 g/mol. The van der Waals surface area contributed by atoms with E-state index < -0.39 is 34.1 Å². The molecule has 0 radical (unpaired) electrons. The van der Waals surface area contributed by atoms with Gasteiger partial charge in [-0.25, -0.2) is 18.4 Å². The molecule has 1 aliphatic heterocycles. The third-order valence-electron chi connectivity index (χ3n) is 3.31. The lowest BCUT2D eigenvalue weighted by atomic mass is 10.2. The fourth-order valence-electron chi connectivity index (χ4n) is 2.04. The van der Waals surface area contributed by atoms with E-state index in [9.17, 15) is 18.0 Å². The van der Waals surface area contributed by atoms with Crippen LogP contribution in [0, 0.1) is 0 Å². The molecule has 0 spiro atoms. The van der Waals surface area contributed by atoms with Crippen LogP contribution in [0.15, 0.2) is 29.2 Å². The molecule has 1 heterocycles. The van der Waals surface area contributed by atoms with Gasteiger partial charge in [0.2, 0.25) is 10.0 Å². The maximum absolute atomic E-state index is 12.0. The first-order valence-electron chi connectivity index (χ1n) is 7.03. The van der Waals surface area contributed by atoms with Gasteiger partial charge in [-0.15, -0.1) is 0 Å². The number of ether oxygens (including phenoxy) is 2. The summed E-state index contributed by atoms with van der Waals surface area (Å²) in [5.41, 5.74) is 0.363. The normalized spacial score (nSPS) is 19.1. The quantitative estimate of drug-likeness (QED) is 0.746. The third-order valence-corrected chi connectivity index (χ3v) is 4.23. The topological polar surface area (TPSA) is 125 Å². The average molecular weight is 342 g/mol. The summed E-state index contributed by atoms with van der Waals surface area (Å²) in [7, 11) is -3.79. The van der Waals surface area contributed by atoms with Gasteiger partial charge in [-0.1, -0.05) is 0 Å². The van der Waals surface area contributed by atoms with Gasteiger partial charge in [0.05, 0.1) is 4.90 Å². The minimum absolute atomic E-state index is 0.0617. The molecule has 9 heteroatoms. The highest BCUT2D eigenvalue weighted by Gasteiger charge is 2.28. The van der Waals surface area contributed by atoms with Crippen LogP contribution < -0.4 is 10.5 Å². The number of amides is 1. The molecule has 0 aromatic heterocycles. The number of benzene rings is 1. The highest BCUT2D eigenvalue weighted by Crippen LogP contribution is 2.16. The van der Waals surface area contributed by atoms with Gasteiger partial charge < -0.3 is 14.8 Å². The summed E-state index contributed by atoms with van der Waals surface area (Å²) in [5.74, 6) is -1.09. The molecule has 1 aliphatic rings. The van der Waals surface area contributed by atoms with Crippen LogP contribution in [0.4, 0.5) is 5.69 Å². The maximum Gasteiger partial charge on any atom is 0.336 e. The summed E-state index contributed by atoms with van der Waals surface area (Å²) in [6, 6.07) is 5.33. The first-order chi connectivity index (χ1) is 10.8. The molecule has 0 unspecified atom stereocenters. The van der Waals surface area contributed by atoms with Crippen molar-refractivity contribution < 1.29 is 27.5 Å². The molecule has 1 saturated heterocycles. The number of esters is 1. The van der Waals surface area contributed by atoms with Crippen molar-refractivity contribution in [3.8, 4) is 0 Å². The Morgan fingerprint density at radius 3 is 2.52 bits per heavy atom. The summed E-state index contributed by atoms with van der Waals surface area (Å²) in [6.45, 7) is 1.96. The molecule has 0 aliphatic carbocycles. The summed E-state index contributed by atoms with van der Waals surface area (Å²) in [6.07, 6.45) is -0.234. The number of carbonyl (C=O) groups excluding carboxylic acids is 2. The van der Waals surface area contributed by atoms with Crippen molar-refractivity contribution in [3.63, 3.8) is 0 Å². The molecule has 126 valence electrons. The number of hydrogen-bond acceptors (Lipinski definition) is 6. The van der Waals surface area contributed by atoms with E-state index in [0.717, 1.165) is 6.42 Å². The Balaban J connectivity index is 1.91. The Bertz CT molecular complexity index is 680. The van der Waals surface area contributed by atoms with Crippen molar-refractivity contribution in [1.82, 2.24) is 0 Å². The predicted octanol–water partition coefficient (Wildman–Crippen LogP) is 0.383. The first kappa shape index (κ1) is 17.4. The largest absolute Gasteiger partial charge is 0.451 e. The Hall–Kier alpha value is -1.97. The van der Waals surface area contributed by atoms with Crippen molar-refractivity contribution in [2.24, 2.45) is 5.14 Å². The highest BCUT2D eigenvalue weighted by atomic mass is 32.2.